The van der Waals surface area contributed by atoms with Gasteiger partial charge in [-0.1, -0.05) is 0 Å². The maximum atomic E-state index is 9.19. The van der Waals surface area contributed by atoms with Gasteiger partial charge in [0, 0.05) is 23.2 Å². The fraction of sp³-hybridized carbons (Fsp3) is 0.167. The maximum Gasteiger partial charge on any atom is 0.126 e. The van der Waals surface area contributed by atoms with E-state index < -0.39 is 0 Å². The highest BCUT2D eigenvalue weighted by atomic mass is 16.5. The predicted octanol–water partition coefficient (Wildman–Crippen LogP) is 1.61. The molecule has 0 aliphatic rings. The number of hydrogen-bond acceptors (Lipinski definition) is 4. The predicted molar refractivity (Wildman–Crippen MR) is 58.9 cm³/mol. The van der Waals surface area contributed by atoms with Crippen molar-refractivity contribution in [3.05, 3.63) is 35.5 Å². The summed E-state index contributed by atoms with van der Waals surface area (Å²) in [6, 6.07) is 7.20. The van der Waals surface area contributed by atoms with Crippen molar-refractivity contribution < 1.29 is 9.84 Å². The maximum absolute atomic E-state index is 9.19. The summed E-state index contributed by atoms with van der Waals surface area (Å²) in [7, 11) is 1.54. The summed E-state index contributed by atoms with van der Waals surface area (Å²) in [5, 5.41) is 18.9. The summed E-state index contributed by atoms with van der Waals surface area (Å²) in [6.07, 6.45) is 1.58. The number of benzene rings is 1. The summed E-state index contributed by atoms with van der Waals surface area (Å²) in [5.41, 5.74) is 1.88. The number of aliphatic hydroxyl groups is 1. The lowest BCUT2D eigenvalue weighted by Gasteiger charge is -2.08. The minimum Gasteiger partial charge on any atom is -0.496 e. The van der Waals surface area contributed by atoms with Crippen LogP contribution in [0.2, 0.25) is 0 Å². The van der Waals surface area contributed by atoms with Crippen molar-refractivity contribution in [1.29, 1.82) is 5.26 Å². The van der Waals surface area contributed by atoms with Gasteiger partial charge in [-0.3, -0.25) is 4.98 Å². The van der Waals surface area contributed by atoms with Crippen LogP contribution in [0.25, 0.3) is 10.9 Å². The molecule has 0 atom stereocenters. The number of nitriles is 1. The molecule has 1 aromatic heterocycles. The molecule has 1 N–H and O–H groups in total. The van der Waals surface area contributed by atoms with Crippen LogP contribution in [0.1, 0.15) is 11.1 Å². The smallest absolute Gasteiger partial charge is 0.126 e. The van der Waals surface area contributed by atoms with Crippen molar-refractivity contribution in [2.45, 2.75) is 6.61 Å². The number of methoxy groups -OCH3 is 1. The van der Waals surface area contributed by atoms with Crippen LogP contribution in [-0.2, 0) is 6.61 Å². The number of ether oxygens (including phenoxy) is 1. The standard InChI is InChI=1S/C12H10N2O2/c1-16-12-5-11-10(4-9(12)7-15)8(6-13)2-3-14-11/h2-5,15H,7H2,1H3. The Balaban J connectivity index is 2.79. The van der Waals surface area contributed by atoms with E-state index in [0.717, 1.165) is 5.39 Å². The van der Waals surface area contributed by atoms with Crippen LogP contribution in [0.4, 0.5) is 0 Å². The van der Waals surface area contributed by atoms with E-state index in [1.165, 1.54) is 7.11 Å². The van der Waals surface area contributed by atoms with Gasteiger partial charge in [0.05, 0.1) is 30.9 Å². The molecule has 0 saturated carbocycles. The molecule has 0 spiro atoms. The van der Waals surface area contributed by atoms with Crippen molar-refractivity contribution in [2.75, 3.05) is 7.11 Å². The Morgan fingerprint density at radius 3 is 2.94 bits per heavy atom. The van der Waals surface area contributed by atoms with Gasteiger partial charge in [0.1, 0.15) is 5.75 Å². The number of pyridine rings is 1. The summed E-state index contributed by atoms with van der Waals surface area (Å²) in [4.78, 5) is 4.16. The number of hydrogen-bond donors (Lipinski definition) is 1. The molecule has 2 aromatic rings. The van der Waals surface area contributed by atoms with Crippen molar-refractivity contribution >= 4 is 10.9 Å². The largest absolute Gasteiger partial charge is 0.496 e. The Hall–Kier alpha value is -2.12. The first-order chi connectivity index (χ1) is 7.80. The zero-order chi connectivity index (χ0) is 11.5. The molecule has 0 amide bonds. The van der Waals surface area contributed by atoms with E-state index in [2.05, 4.69) is 11.1 Å². The first kappa shape index (κ1) is 10.4. The second kappa shape index (κ2) is 4.17. The molecule has 0 radical (unpaired) electrons. The number of rotatable bonds is 2. The Bertz CT molecular complexity index is 573. The van der Waals surface area contributed by atoms with E-state index in [0.29, 0.717) is 22.4 Å². The third-order valence-corrected chi connectivity index (χ3v) is 2.43. The molecule has 4 nitrogen and oxygen atoms in total. The molecule has 1 heterocycles. The average Bonchev–Trinajstić information content (AvgIpc) is 2.36. The second-order valence-corrected chi connectivity index (χ2v) is 3.31. The molecule has 1 aromatic carbocycles. The van der Waals surface area contributed by atoms with Gasteiger partial charge in [0.2, 0.25) is 0 Å². The summed E-state index contributed by atoms with van der Waals surface area (Å²) in [6.45, 7) is -0.126. The lowest BCUT2D eigenvalue weighted by atomic mass is 10.1. The molecular formula is C12H10N2O2. The van der Waals surface area contributed by atoms with Gasteiger partial charge < -0.3 is 9.84 Å². The Labute approximate surface area is 92.7 Å². The molecule has 0 saturated heterocycles. The van der Waals surface area contributed by atoms with E-state index in [-0.39, 0.29) is 6.61 Å². The summed E-state index contributed by atoms with van der Waals surface area (Å²) >= 11 is 0. The minimum absolute atomic E-state index is 0.126. The van der Waals surface area contributed by atoms with Crippen LogP contribution < -0.4 is 4.74 Å². The first-order valence-electron chi connectivity index (χ1n) is 4.76. The SMILES string of the molecule is COc1cc2nccc(C#N)c2cc1CO. The molecule has 2 rings (SSSR count). The second-order valence-electron chi connectivity index (χ2n) is 3.31. The van der Waals surface area contributed by atoms with Gasteiger partial charge in [-0.25, -0.2) is 0 Å². The highest BCUT2D eigenvalue weighted by Gasteiger charge is 2.08. The molecule has 0 aliphatic carbocycles. The first-order valence-corrected chi connectivity index (χ1v) is 4.76. The molecule has 0 aliphatic heterocycles. The van der Waals surface area contributed by atoms with Crippen LogP contribution in [-0.4, -0.2) is 17.2 Å². The highest BCUT2D eigenvalue weighted by Crippen LogP contribution is 2.26. The molecular weight excluding hydrogens is 204 g/mol. The van der Waals surface area contributed by atoms with Gasteiger partial charge in [0.25, 0.3) is 0 Å². The highest BCUT2D eigenvalue weighted by molar-refractivity contribution is 5.86. The molecule has 16 heavy (non-hydrogen) atoms. The van der Waals surface area contributed by atoms with E-state index in [1.807, 2.05) is 0 Å². The Morgan fingerprint density at radius 1 is 1.50 bits per heavy atom. The fourth-order valence-corrected chi connectivity index (χ4v) is 1.63. The van der Waals surface area contributed by atoms with E-state index in [4.69, 9.17) is 10.00 Å². The van der Waals surface area contributed by atoms with Crippen LogP contribution in [0.5, 0.6) is 5.75 Å². The molecule has 0 fully saturated rings. The fourth-order valence-electron chi connectivity index (χ4n) is 1.63. The van der Waals surface area contributed by atoms with E-state index in [1.54, 1.807) is 24.4 Å². The van der Waals surface area contributed by atoms with E-state index in [9.17, 15) is 5.11 Å². The minimum atomic E-state index is -0.126. The third kappa shape index (κ3) is 1.58. The lowest BCUT2D eigenvalue weighted by molar-refractivity contribution is 0.274. The van der Waals surface area contributed by atoms with Gasteiger partial charge in [-0.05, 0) is 12.1 Å². The summed E-state index contributed by atoms with van der Waals surface area (Å²) in [5.74, 6) is 0.581. The molecule has 4 heteroatoms. The third-order valence-electron chi connectivity index (χ3n) is 2.43. The number of aliphatic hydroxyl groups excluding tert-OH is 1. The van der Waals surface area contributed by atoms with Gasteiger partial charge in [-0.15, -0.1) is 0 Å². The molecule has 0 bridgehead atoms. The van der Waals surface area contributed by atoms with Crippen LogP contribution >= 0.6 is 0 Å². The van der Waals surface area contributed by atoms with Gasteiger partial charge >= 0.3 is 0 Å². The van der Waals surface area contributed by atoms with Crippen molar-refractivity contribution in [3.8, 4) is 11.8 Å². The number of aromatic nitrogens is 1. The van der Waals surface area contributed by atoms with Crippen molar-refractivity contribution in [3.63, 3.8) is 0 Å². The van der Waals surface area contributed by atoms with Crippen LogP contribution in [0, 0.1) is 11.3 Å². The number of fused-ring (bicyclic) bond motifs is 1. The van der Waals surface area contributed by atoms with Crippen LogP contribution in [0.3, 0.4) is 0 Å². The Kier molecular flexibility index (Phi) is 2.71. The number of nitrogens with zero attached hydrogens (tertiary/aromatic N) is 2. The topological polar surface area (TPSA) is 66.1 Å². The van der Waals surface area contributed by atoms with Gasteiger partial charge in [-0.2, -0.15) is 5.26 Å². The zero-order valence-electron chi connectivity index (χ0n) is 8.77. The normalized spacial score (nSPS) is 10.1. The monoisotopic (exact) mass is 214 g/mol. The zero-order valence-corrected chi connectivity index (χ0v) is 8.77. The summed E-state index contributed by atoms with van der Waals surface area (Å²) < 4.78 is 5.13. The van der Waals surface area contributed by atoms with E-state index >= 15 is 0 Å². The molecule has 80 valence electrons. The van der Waals surface area contributed by atoms with Crippen molar-refractivity contribution in [1.82, 2.24) is 4.98 Å². The van der Waals surface area contributed by atoms with Gasteiger partial charge in [0.15, 0.2) is 0 Å². The average molecular weight is 214 g/mol. The Morgan fingerprint density at radius 2 is 2.31 bits per heavy atom. The molecule has 0 unspecified atom stereocenters. The lowest BCUT2D eigenvalue weighted by Crippen LogP contribution is -1.94. The quantitative estimate of drug-likeness (QED) is 0.824. The van der Waals surface area contributed by atoms with Crippen LogP contribution in [0.15, 0.2) is 24.4 Å². The van der Waals surface area contributed by atoms with Crippen molar-refractivity contribution in [2.24, 2.45) is 0 Å².